The molecule has 0 aromatic carbocycles. The Morgan fingerprint density at radius 3 is 1.67 bits per heavy atom. The van der Waals surface area contributed by atoms with E-state index in [4.69, 9.17) is 0 Å². The highest BCUT2D eigenvalue weighted by molar-refractivity contribution is 4.60. The molecule has 0 heterocycles. The summed E-state index contributed by atoms with van der Waals surface area (Å²) in [4.78, 5) is 0. The second kappa shape index (κ2) is 3.85. The van der Waals surface area contributed by atoms with Crippen molar-refractivity contribution in [1.82, 2.24) is 10.4 Å². The van der Waals surface area contributed by atoms with Crippen LogP contribution in [-0.4, -0.2) is 25.1 Å². The molecule has 0 saturated heterocycles. The average molecular weight is 130 g/mol. The van der Waals surface area contributed by atoms with Gasteiger partial charge in [-0.15, -0.1) is 0 Å². The monoisotopic (exact) mass is 130 g/mol. The minimum absolute atomic E-state index is 0.569. The summed E-state index contributed by atoms with van der Waals surface area (Å²) in [5, 5.41) is 1.99. The van der Waals surface area contributed by atoms with E-state index in [2.05, 4.69) is 26.2 Å². The van der Waals surface area contributed by atoms with Crippen molar-refractivity contribution in [3.8, 4) is 0 Å². The fraction of sp³-hybridized carbons (Fsp3) is 1.00. The summed E-state index contributed by atoms with van der Waals surface area (Å²) in [5.74, 6) is 0.701. The third-order valence-electron chi connectivity index (χ3n) is 1.46. The van der Waals surface area contributed by atoms with Gasteiger partial charge in [0.1, 0.15) is 0 Å². The maximum absolute atomic E-state index is 3.28. The van der Waals surface area contributed by atoms with Crippen molar-refractivity contribution in [1.29, 1.82) is 0 Å². The minimum Gasteiger partial charge on any atom is -0.253 e. The number of nitrogens with zero attached hydrogens (tertiary/aromatic N) is 1. The average Bonchev–Trinajstić information content (AvgIpc) is 1.63. The molecule has 0 bridgehead atoms. The highest BCUT2D eigenvalue weighted by Crippen LogP contribution is 1.98. The smallest absolute Gasteiger partial charge is 0.0209 e. The zero-order valence-electron chi connectivity index (χ0n) is 7.10. The van der Waals surface area contributed by atoms with E-state index in [0.717, 1.165) is 0 Å². The summed E-state index contributed by atoms with van der Waals surface area (Å²) in [7, 11) is 4.03. The maximum atomic E-state index is 3.28. The lowest BCUT2D eigenvalue weighted by Gasteiger charge is -2.21. The van der Waals surface area contributed by atoms with Crippen molar-refractivity contribution in [2.45, 2.75) is 26.8 Å². The normalized spacial score (nSPS) is 15.0. The second-order valence-electron chi connectivity index (χ2n) is 3.06. The molecule has 56 valence electrons. The summed E-state index contributed by atoms with van der Waals surface area (Å²) in [6.45, 7) is 6.60. The van der Waals surface area contributed by atoms with Gasteiger partial charge in [0.25, 0.3) is 0 Å². The van der Waals surface area contributed by atoms with Gasteiger partial charge in [-0.25, -0.2) is 0 Å². The molecule has 0 spiro atoms. The summed E-state index contributed by atoms with van der Waals surface area (Å²) in [6.07, 6.45) is 0. The first-order valence-electron chi connectivity index (χ1n) is 3.47. The van der Waals surface area contributed by atoms with Gasteiger partial charge in [-0.05, 0) is 12.8 Å². The van der Waals surface area contributed by atoms with Crippen molar-refractivity contribution in [3.05, 3.63) is 0 Å². The molecule has 1 N–H and O–H groups in total. The van der Waals surface area contributed by atoms with Crippen molar-refractivity contribution >= 4 is 0 Å². The molecule has 2 nitrogen and oxygen atoms in total. The lowest BCUT2D eigenvalue weighted by atomic mass is 10.1. The molecule has 0 aliphatic rings. The van der Waals surface area contributed by atoms with Crippen LogP contribution in [0.2, 0.25) is 0 Å². The predicted molar refractivity (Wildman–Crippen MR) is 41.1 cm³/mol. The van der Waals surface area contributed by atoms with Gasteiger partial charge >= 0.3 is 0 Å². The summed E-state index contributed by atoms with van der Waals surface area (Å²) in [6, 6.07) is 0.569. The Balaban J connectivity index is 3.38. The van der Waals surface area contributed by atoms with E-state index >= 15 is 0 Å². The second-order valence-corrected chi connectivity index (χ2v) is 3.06. The lowest BCUT2D eigenvalue weighted by molar-refractivity contribution is 0.219. The Bertz CT molecular complexity index is 69.3. The van der Waals surface area contributed by atoms with E-state index < -0.39 is 0 Å². The Hall–Kier alpha value is -0.0800. The molecule has 0 radical (unpaired) electrons. The van der Waals surface area contributed by atoms with Gasteiger partial charge in [-0.2, -0.15) is 0 Å². The minimum atomic E-state index is 0.569. The molecule has 0 fully saturated rings. The molecule has 0 aromatic rings. The number of hydrogen-bond acceptors (Lipinski definition) is 2. The van der Waals surface area contributed by atoms with Crippen LogP contribution in [0.3, 0.4) is 0 Å². The van der Waals surface area contributed by atoms with Crippen LogP contribution < -0.4 is 5.43 Å². The van der Waals surface area contributed by atoms with Crippen LogP contribution in [0.1, 0.15) is 20.8 Å². The quantitative estimate of drug-likeness (QED) is 0.575. The number of hydrazine groups is 1. The molecular weight excluding hydrogens is 112 g/mol. The third kappa shape index (κ3) is 4.43. The zero-order chi connectivity index (χ0) is 7.44. The first-order chi connectivity index (χ1) is 4.04. The Kier molecular flexibility index (Phi) is 3.82. The van der Waals surface area contributed by atoms with E-state index in [1.807, 2.05) is 19.1 Å². The molecule has 0 aliphatic heterocycles. The van der Waals surface area contributed by atoms with E-state index in [1.165, 1.54) is 0 Å². The van der Waals surface area contributed by atoms with Crippen LogP contribution in [0, 0.1) is 5.92 Å². The van der Waals surface area contributed by atoms with Gasteiger partial charge in [0.15, 0.2) is 0 Å². The van der Waals surface area contributed by atoms with Crippen LogP contribution in [0.5, 0.6) is 0 Å². The van der Waals surface area contributed by atoms with E-state index in [-0.39, 0.29) is 0 Å². The number of rotatable bonds is 3. The summed E-state index contributed by atoms with van der Waals surface area (Å²) < 4.78 is 0. The molecule has 0 rings (SSSR count). The van der Waals surface area contributed by atoms with Crippen molar-refractivity contribution in [3.63, 3.8) is 0 Å². The van der Waals surface area contributed by atoms with Gasteiger partial charge < -0.3 is 0 Å². The van der Waals surface area contributed by atoms with Gasteiger partial charge in [-0.3, -0.25) is 10.4 Å². The van der Waals surface area contributed by atoms with Crippen molar-refractivity contribution in [2.75, 3.05) is 14.1 Å². The lowest BCUT2D eigenvalue weighted by Crippen LogP contribution is -2.40. The van der Waals surface area contributed by atoms with Crippen molar-refractivity contribution < 1.29 is 0 Å². The van der Waals surface area contributed by atoms with E-state index in [0.29, 0.717) is 12.0 Å². The number of hydrogen-bond donors (Lipinski definition) is 1. The molecular formula is C7H18N2. The molecule has 1 unspecified atom stereocenters. The van der Waals surface area contributed by atoms with Gasteiger partial charge in [-0.1, -0.05) is 13.8 Å². The van der Waals surface area contributed by atoms with Crippen molar-refractivity contribution in [2.24, 2.45) is 5.92 Å². The van der Waals surface area contributed by atoms with Gasteiger partial charge in [0.2, 0.25) is 0 Å². The molecule has 1 atom stereocenters. The third-order valence-corrected chi connectivity index (χ3v) is 1.46. The Labute approximate surface area is 58.2 Å². The molecule has 2 heteroatoms. The highest BCUT2D eigenvalue weighted by atomic mass is 15.5. The molecule has 0 aromatic heterocycles. The van der Waals surface area contributed by atoms with Crippen LogP contribution in [-0.2, 0) is 0 Å². The fourth-order valence-electron chi connectivity index (χ4n) is 0.556. The molecule has 0 amide bonds. The molecule has 9 heavy (non-hydrogen) atoms. The highest BCUT2D eigenvalue weighted by Gasteiger charge is 2.05. The van der Waals surface area contributed by atoms with E-state index in [9.17, 15) is 0 Å². The van der Waals surface area contributed by atoms with E-state index in [1.54, 1.807) is 0 Å². The number of nitrogens with one attached hydrogen (secondary N) is 1. The summed E-state index contributed by atoms with van der Waals surface area (Å²) >= 11 is 0. The summed E-state index contributed by atoms with van der Waals surface area (Å²) in [5.41, 5.74) is 3.28. The standard InChI is InChI=1S/C7H18N2/c1-6(2)7(3)8-9(4)5/h6-8H,1-5H3. The molecule has 0 aliphatic carbocycles. The van der Waals surface area contributed by atoms with Crippen LogP contribution >= 0.6 is 0 Å². The predicted octanol–water partition coefficient (Wildman–Crippen LogP) is 1.10. The Morgan fingerprint density at radius 2 is 1.56 bits per heavy atom. The topological polar surface area (TPSA) is 15.3 Å². The maximum Gasteiger partial charge on any atom is 0.0209 e. The first-order valence-corrected chi connectivity index (χ1v) is 3.47. The van der Waals surface area contributed by atoms with Crippen LogP contribution in [0.25, 0.3) is 0 Å². The van der Waals surface area contributed by atoms with Gasteiger partial charge in [0.05, 0.1) is 0 Å². The largest absolute Gasteiger partial charge is 0.253 e. The zero-order valence-corrected chi connectivity index (χ0v) is 7.10. The van der Waals surface area contributed by atoms with Crippen LogP contribution in [0.4, 0.5) is 0 Å². The SMILES string of the molecule is CC(C)C(C)NN(C)C. The fourth-order valence-corrected chi connectivity index (χ4v) is 0.556. The van der Waals surface area contributed by atoms with Crippen LogP contribution in [0.15, 0.2) is 0 Å². The Morgan fingerprint density at radius 1 is 1.11 bits per heavy atom. The molecule has 0 saturated carbocycles. The van der Waals surface area contributed by atoms with Gasteiger partial charge in [0, 0.05) is 20.1 Å². The first kappa shape index (κ1) is 8.92.